The summed E-state index contributed by atoms with van der Waals surface area (Å²) >= 11 is 6.37. The molecule has 1 N–H and O–H groups in total. The second kappa shape index (κ2) is 4.90. The van der Waals surface area contributed by atoms with E-state index in [9.17, 15) is 0 Å². The summed E-state index contributed by atoms with van der Waals surface area (Å²) in [5, 5.41) is 8.31. The fourth-order valence-corrected chi connectivity index (χ4v) is 2.25. The van der Waals surface area contributed by atoms with Crippen molar-refractivity contribution in [2.24, 2.45) is 0 Å². The van der Waals surface area contributed by atoms with Crippen LogP contribution >= 0.6 is 11.6 Å². The first-order chi connectivity index (χ1) is 9.28. The Morgan fingerprint density at radius 3 is 2.74 bits per heavy atom. The van der Waals surface area contributed by atoms with E-state index in [4.69, 9.17) is 16.3 Å². The summed E-state index contributed by atoms with van der Waals surface area (Å²) in [6.45, 7) is 0. The average Bonchev–Trinajstić information content (AvgIpc) is 2.92. The molecule has 0 fully saturated rings. The van der Waals surface area contributed by atoms with Crippen molar-refractivity contribution in [3.63, 3.8) is 0 Å². The Bertz CT molecular complexity index is 706. The van der Waals surface area contributed by atoms with Crippen LogP contribution in [0.15, 0.2) is 36.7 Å². The van der Waals surface area contributed by atoms with Crippen molar-refractivity contribution >= 4 is 22.6 Å². The number of H-pyrrole nitrogens is 1. The Labute approximate surface area is 115 Å². The number of methoxy groups -OCH3 is 1. The number of hydrogen-bond donors (Lipinski definition) is 1. The molecule has 0 radical (unpaired) electrons. The lowest BCUT2D eigenvalue weighted by Gasteiger charge is -2.06. The van der Waals surface area contributed by atoms with Gasteiger partial charge in [0.25, 0.3) is 0 Å². The topological polar surface area (TPSA) is 50.8 Å². The summed E-state index contributed by atoms with van der Waals surface area (Å²) in [5.74, 6) is 0.846. The van der Waals surface area contributed by atoms with E-state index in [1.54, 1.807) is 19.5 Å². The Morgan fingerprint density at radius 1 is 1.21 bits per heavy atom. The molecule has 0 unspecified atom stereocenters. The third kappa shape index (κ3) is 2.27. The molecule has 1 aromatic carbocycles. The molecule has 2 heterocycles. The van der Waals surface area contributed by atoms with E-state index in [2.05, 4.69) is 15.2 Å². The fourth-order valence-electron chi connectivity index (χ4n) is 2.00. The first kappa shape index (κ1) is 12.0. The van der Waals surface area contributed by atoms with Crippen LogP contribution in [0.4, 0.5) is 0 Å². The van der Waals surface area contributed by atoms with E-state index in [0.29, 0.717) is 10.7 Å². The van der Waals surface area contributed by atoms with Gasteiger partial charge in [0.05, 0.1) is 23.7 Å². The molecule has 19 heavy (non-hydrogen) atoms. The van der Waals surface area contributed by atoms with Gasteiger partial charge in [-0.1, -0.05) is 23.7 Å². The van der Waals surface area contributed by atoms with Crippen LogP contribution in [0, 0.1) is 0 Å². The Morgan fingerprint density at radius 2 is 2.00 bits per heavy atom. The van der Waals surface area contributed by atoms with Crippen molar-refractivity contribution in [3.8, 4) is 5.75 Å². The smallest absolute Gasteiger partial charge is 0.156 e. The Kier molecular flexibility index (Phi) is 3.09. The molecule has 0 aliphatic rings. The summed E-state index contributed by atoms with van der Waals surface area (Å²) in [6, 6.07) is 7.92. The van der Waals surface area contributed by atoms with Crippen LogP contribution in [0.2, 0.25) is 5.02 Å². The predicted octanol–water partition coefficient (Wildman–Crippen LogP) is 3.21. The SMILES string of the molecule is COc1ccc(Cc2cnc3[nH]ncc3c2Cl)cc1. The number of halogens is 1. The minimum absolute atomic E-state index is 0.703. The summed E-state index contributed by atoms with van der Waals surface area (Å²) in [5.41, 5.74) is 2.86. The van der Waals surface area contributed by atoms with Crippen molar-refractivity contribution in [3.05, 3.63) is 52.8 Å². The minimum atomic E-state index is 0.703. The molecule has 0 saturated heterocycles. The van der Waals surface area contributed by atoms with Gasteiger partial charge in [0, 0.05) is 12.6 Å². The Hall–Kier alpha value is -2.07. The number of nitrogens with zero attached hydrogens (tertiary/aromatic N) is 2. The summed E-state index contributed by atoms with van der Waals surface area (Å²) in [6.07, 6.45) is 4.21. The second-order valence-electron chi connectivity index (χ2n) is 4.25. The van der Waals surface area contributed by atoms with Crippen LogP contribution in [0.3, 0.4) is 0 Å². The number of rotatable bonds is 3. The summed E-state index contributed by atoms with van der Waals surface area (Å²) in [4.78, 5) is 4.30. The van der Waals surface area contributed by atoms with E-state index in [-0.39, 0.29) is 0 Å². The number of hydrogen-bond acceptors (Lipinski definition) is 3. The van der Waals surface area contributed by atoms with Crippen LogP contribution in [0.5, 0.6) is 5.75 Å². The highest BCUT2D eigenvalue weighted by molar-refractivity contribution is 6.35. The highest BCUT2D eigenvalue weighted by atomic mass is 35.5. The minimum Gasteiger partial charge on any atom is -0.497 e. The molecule has 0 bridgehead atoms. The van der Waals surface area contributed by atoms with Crippen molar-refractivity contribution < 1.29 is 4.74 Å². The molecule has 0 atom stereocenters. The van der Waals surface area contributed by atoms with Gasteiger partial charge < -0.3 is 4.74 Å². The molecule has 5 heteroatoms. The molecule has 0 amide bonds. The van der Waals surface area contributed by atoms with E-state index < -0.39 is 0 Å². The molecule has 4 nitrogen and oxygen atoms in total. The molecule has 0 spiro atoms. The number of pyridine rings is 1. The van der Waals surface area contributed by atoms with Gasteiger partial charge in [-0.3, -0.25) is 5.10 Å². The zero-order valence-corrected chi connectivity index (χ0v) is 11.1. The molecule has 3 aromatic rings. The molecular weight excluding hydrogens is 262 g/mol. The van der Waals surface area contributed by atoms with Crippen molar-refractivity contribution in [2.45, 2.75) is 6.42 Å². The summed E-state index contributed by atoms with van der Waals surface area (Å²) < 4.78 is 5.14. The monoisotopic (exact) mass is 273 g/mol. The standard InChI is InChI=1S/C14H12ClN3O/c1-19-11-4-2-9(3-5-11)6-10-7-16-14-12(13(10)15)8-17-18-14/h2-5,7-8H,6H2,1H3,(H,16,17,18). The first-order valence-corrected chi connectivity index (χ1v) is 6.25. The van der Waals surface area contributed by atoms with Gasteiger partial charge in [-0.2, -0.15) is 5.10 Å². The highest BCUT2D eigenvalue weighted by Crippen LogP contribution is 2.26. The van der Waals surface area contributed by atoms with Crippen molar-refractivity contribution in [1.82, 2.24) is 15.2 Å². The lowest BCUT2D eigenvalue weighted by atomic mass is 10.1. The quantitative estimate of drug-likeness (QED) is 0.797. The number of benzene rings is 1. The van der Waals surface area contributed by atoms with Crippen LogP contribution in [-0.4, -0.2) is 22.3 Å². The lowest BCUT2D eigenvalue weighted by Crippen LogP contribution is -1.92. The molecule has 0 aliphatic carbocycles. The number of aromatic amines is 1. The van der Waals surface area contributed by atoms with Crippen LogP contribution in [0.25, 0.3) is 11.0 Å². The number of ether oxygens (including phenoxy) is 1. The molecule has 3 rings (SSSR count). The molecule has 0 saturated carbocycles. The third-order valence-electron chi connectivity index (χ3n) is 3.04. The van der Waals surface area contributed by atoms with Gasteiger partial charge >= 0.3 is 0 Å². The van der Waals surface area contributed by atoms with Crippen molar-refractivity contribution in [2.75, 3.05) is 7.11 Å². The number of aromatic nitrogens is 3. The molecule has 0 aliphatic heterocycles. The number of nitrogens with one attached hydrogen (secondary N) is 1. The van der Waals surface area contributed by atoms with Gasteiger partial charge in [0.1, 0.15) is 5.75 Å². The summed E-state index contributed by atoms with van der Waals surface area (Å²) in [7, 11) is 1.66. The average molecular weight is 274 g/mol. The number of fused-ring (bicyclic) bond motifs is 1. The van der Waals surface area contributed by atoms with Gasteiger partial charge in [0.15, 0.2) is 5.65 Å². The van der Waals surface area contributed by atoms with Gasteiger partial charge in [-0.05, 0) is 23.3 Å². The molecular formula is C14H12ClN3O. The normalized spacial score (nSPS) is 10.8. The van der Waals surface area contributed by atoms with E-state index in [1.807, 2.05) is 24.3 Å². The van der Waals surface area contributed by atoms with E-state index in [0.717, 1.165) is 28.7 Å². The van der Waals surface area contributed by atoms with Crippen LogP contribution in [-0.2, 0) is 6.42 Å². The van der Waals surface area contributed by atoms with Crippen molar-refractivity contribution in [1.29, 1.82) is 0 Å². The highest BCUT2D eigenvalue weighted by Gasteiger charge is 2.09. The maximum atomic E-state index is 6.37. The van der Waals surface area contributed by atoms with Gasteiger partial charge in [-0.25, -0.2) is 4.98 Å². The second-order valence-corrected chi connectivity index (χ2v) is 4.63. The zero-order chi connectivity index (χ0) is 13.2. The molecule has 2 aromatic heterocycles. The largest absolute Gasteiger partial charge is 0.497 e. The fraction of sp³-hybridized carbons (Fsp3) is 0.143. The zero-order valence-electron chi connectivity index (χ0n) is 10.4. The van der Waals surface area contributed by atoms with E-state index >= 15 is 0 Å². The van der Waals surface area contributed by atoms with Gasteiger partial charge in [0.2, 0.25) is 0 Å². The van der Waals surface area contributed by atoms with Crippen LogP contribution < -0.4 is 4.74 Å². The molecule has 96 valence electrons. The first-order valence-electron chi connectivity index (χ1n) is 5.87. The maximum Gasteiger partial charge on any atom is 0.156 e. The van der Waals surface area contributed by atoms with E-state index in [1.165, 1.54) is 0 Å². The predicted molar refractivity (Wildman–Crippen MR) is 74.7 cm³/mol. The van der Waals surface area contributed by atoms with Crippen LogP contribution in [0.1, 0.15) is 11.1 Å². The lowest BCUT2D eigenvalue weighted by molar-refractivity contribution is 0.414. The third-order valence-corrected chi connectivity index (χ3v) is 3.49. The Balaban J connectivity index is 1.93. The van der Waals surface area contributed by atoms with Gasteiger partial charge in [-0.15, -0.1) is 0 Å². The maximum absolute atomic E-state index is 6.37.